The molecule has 0 heterocycles. The van der Waals surface area contributed by atoms with Crippen molar-refractivity contribution in [3.8, 4) is 0 Å². The van der Waals surface area contributed by atoms with Crippen molar-refractivity contribution in [1.82, 2.24) is 10.6 Å². The third-order valence-corrected chi connectivity index (χ3v) is 3.42. The maximum atomic E-state index is 11.4. The molecule has 0 saturated heterocycles. The van der Waals surface area contributed by atoms with Gasteiger partial charge in [0.05, 0.1) is 0 Å². The largest absolute Gasteiger partial charge is 0.449 e. The Morgan fingerprint density at radius 1 is 0.955 bits per heavy atom. The van der Waals surface area contributed by atoms with E-state index in [0.717, 1.165) is 6.42 Å². The number of hydrogen-bond acceptors (Lipinski definition) is 6. The Labute approximate surface area is 129 Å². The summed E-state index contributed by atoms with van der Waals surface area (Å²) in [4.78, 5) is 44.3. The maximum Gasteiger partial charge on any atom is 0.413 e. The fourth-order valence-corrected chi connectivity index (χ4v) is 1.64. The van der Waals surface area contributed by atoms with E-state index in [1.165, 1.54) is 13.8 Å². The monoisotopic (exact) mass is 316 g/mol. The zero-order valence-corrected chi connectivity index (χ0v) is 13.6. The molecule has 0 unspecified atom stereocenters. The molecule has 0 bridgehead atoms. The molecule has 22 heavy (non-hydrogen) atoms. The highest BCUT2D eigenvalue weighted by Crippen LogP contribution is 2.30. The third-order valence-electron chi connectivity index (χ3n) is 3.42. The lowest BCUT2D eigenvalue weighted by molar-refractivity contribution is -0.119. The highest BCUT2D eigenvalue weighted by Gasteiger charge is 2.34. The molecule has 0 saturated carbocycles. The molecule has 0 radical (unpaired) electrons. The van der Waals surface area contributed by atoms with Crippen LogP contribution in [0, 0.1) is 11.3 Å². The SMILES string of the molecule is CC[C@H](C)C(C)(COC(=O)NC(C)=O)COC(=O)NC(C)=O. The standard InChI is InChI=1S/C14H24N2O6/c1-6-9(2)14(5,7-21-12(19)15-10(3)17)8-22-13(20)16-11(4)18/h9H,6-8H2,1-5H3,(H,15,17,19)(H,16,18,20)/t9-/m0/s1. The Hall–Kier alpha value is -2.12. The van der Waals surface area contributed by atoms with Crippen LogP contribution in [0.15, 0.2) is 0 Å². The van der Waals surface area contributed by atoms with Gasteiger partial charge in [-0.3, -0.25) is 20.2 Å². The summed E-state index contributed by atoms with van der Waals surface area (Å²) in [5.41, 5.74) is -0.642. The van der Waals surface area contributed by atoms with Crippen LogP contribution in [-0.2, 0) is 19.1 Å². The lowest BCUT2D eigenvalue weighted by Gasteiger charge is -2.33. The first kappa shape index (κ1) is 19.9. The van der Waals surface area contributed by atoms with Crippen molar-refractivity contribution in [1.29, 1.82) is 0 Å². The number of ether oxygens (including phenoxy) is 2. The minimum Gasteiger partial charge on any atom is -0.449 e. The van der Waals surface area contributed by atoms with E-state index in [4.69, 9.17) is 9.47 Å². The van der Waals surface area contributed by atoms with Crippen LogP contribution in [0.25, 0.3) is 0 Å². The minimum atomic E-state index is -0.852. The summed E-state index contributed by atoms with van der Waals surface area (Å²) in [6.45, 7) is 8.01. The summed E-state index contributed by atoms with van der Waals surface area (Å²) in [5, 5.41) is 4.00. The first-order chi connectivity index (χ1) is 10.1. The molecular formula is C14H24N2O6. The van der Waals surface area contributed by atoms with Crippen LogP contribution >= 0.6 is 0 Å². The maximum absolute atomic E-state index is 11.4. The summed E-state index contributed by atoms with van der Waals surface area (Å²) in [7, 11) is 0. The third kappa shape index (κ3) is 7.61. The first-order valence-electron chi connectivity index (χ1n) is 6.99. The fourth-order valence-electron chi connectivity index (χ4n) is 1.64. The molecule has 0 aliphatic rings. The number of alkyl carbamates (subject to hydrolysis) is 2. The van der Waals surface area contributed by atoms with Crippen molar-refractivity contribution in [2.75, 3.05) is 13.2 Å². The van der Waals surface area contributed by atoms with Crippen LogP contribution in [0.2, 0.25) is 0 Å². The lowest BCUT2D eigenvalue weighted by Crippen LogP contribution is -2.41. The highest BCUT2D eigenvalue weighted by molar-refractivity contribution is 5.90. The van der Waals surface area contributed by atoms with Gasteiger partial charge in [0.15, 0.2) is 0 Å². The molecule has 0 aliphatic carbocycles. The minimum absolute atomic E-state index is 0.0333. The zero-order chi connectivity index (χ0) is 17.3. The summed E-state index contributed by atoms with van der Waals surface area (Å²) in [6, 6.07) is 0. The van der Waals surface area contributed by atoms with E-state index in [9.17, 15) is 19.2 Å². The van der Waals surface area contributed by atoms with Gasteiger partial charge in [0.25, 0.3) is 0 Å². The van der Waals surface area contributed by atoms with Gasteiger partial charge in [0.2, 0.25) is 11.8 Å². The second kappa shape index (κ2) is 9.01. The van der Waals surface area contributed by atoms with Crippen molar-refractivity contribution in [3.63, 3.8) is 0 Å². The Balaban J connectivity index is 4.65. The molecule has 2 N–H and O–H groups in total. The molecule has 8 heteroatoms. The van der Waals surface area contributed by atoms with Crippen molar-refractivity contribution in [3.05, 3.63) is 0 Å². The zero-order valence-electron chi connectivity index (χ0n) is 13.6. The van der Waals surface area contributed by atoms with Crippen LogP contribution in [0.3, 0.4) is 0 Å². The molecular weight excluding hydrogens is 292 g/mol. The van der Waals surface area contributed by atoms with Gasteiger partial charge in [-0.05, 0) is 5.92 Å². The molecule has 0 spiro atoms. The number of rotatable bonds is 6. The van der Waals surface area contributed by atoms with Crippen molar-refractivity contribution >= 4 is 24.0 Å². The molecule has 0 aromatic rings. The Morgan fingerprint density at radius 2 is 1.32 bits per heavy atom. The average molecular weight is 316 g/mol. The van der Waals surface area contributed by atoms with Crippen LogP contribution in [0.4, 0.5) is 9.59 Å². The van der Waals surface area contributed by atoms with E-state index in [1.54, 1.807) is 6.92 Å². The van der Waals surface area contributed by atoms with E-state index < -0.39 is 29.4 Å². The molecule has 1 atom stereocenters. The molecule has 4 amide bonds. The smallest absolute Gasteiger partial charge is 0.413 e. The van der Waals surface area contributed by atoms with Gasteiger partial charge in [0, 0.05) is 19.3 Å². The van der Waals surface area contributed by atoms with Gasteiger partial charge >= 0.3 is 12.2 Å². The normalized spacial score (nSPS) is 12.0. The molecule has 0 aliphatic heterocycles. The van der Waals surface area contributed by atoms with E-state index in [-0.39, 0.29) is 19.1 Å². The van der Waals surface area contributed by atoms with E-state index in [0.29, 0.717) is 0 Å². The van der Waals surface area contributed by atoms with E-state index >= 15 is 0 Å². The fraction of sp³-hybridized carbons (Fsp3) is 0.714. The lowest BCUT2D eigenvalue weighted by atomic mass is 9.78. The summed E-state index contributed by atoms with van der Waals surface area (Å²) in [5.74, 6) is -0.970. The number of imide groups is 2. The van der Waals surface area contributed by atoms with Crippen molar-refractivity contribution < 1.29 is 28.7 Å². The first-order valence-corrected chi connectivity index (χ1v) is 6.99. The molecule has 0 aromatic heterocycles. The van der Waals surface area contributed by atoms with Crippen LogP contribution < -0.4 is 10.6 Å². The van der Waals surface area contributed by atoms with Gasteiger partial charge in [-0.1, -0.05) is 27.2 Å². The van der Waals surface area contributed by atoms with Gasteiger partial charge in [-0.25, -0.2) is 9.59 Å². The molecule has 126 valence electrons. The van der Waals surface area contributed by atoms with Gasteiger partial charge in [-0.15, -0.1) is 0 Å². The van der Waals surface area contributed by atoms with Crippen molar-refractivity contribution in [2.24, 2.45) is 11.3 Å². The van der Waals surface area contributed by atoms with Crippen LogP contribution in [-0.4, -0.2) is 37.2 Å². The van der Waals surface area contributed by atoms with Crippen LogP contribution in [0.1, 0.15) is 41.0 Å². The Kier molecular flexibility index (Phi) is 8.14. The molecule has 0 aromatic carbocycles. The summed E-state index contributed by atoms with van der Waals surface area (Å²) in [6.07, 6.45) is -0.934. The van der Waals surface area contributed by atoms with E-state index in [1.807, 2.05) is 24.5 Å². The predicted molar refractivity (Wildman–Crippen MR) is 77.9 cm³/mol. The number of nitrogens with one attached hydrogen (secondary N) is 2. The van der Waals surface area contributed by atoms with E-state index in [2.05, 4.69) is 0 Å². The summed E-state index contributed by atoms with van der Waals surface area (Å²) < 4.78 is 10.0. The second-order valence-corrected chi connectivity index (χ2v) is 5.48. The number of hydrogen-bond donors (Lipinski definition) is 2. The predicted octanol–water partition coefficient (Wildman–Crippen LogP) is 1.58. The number of amides is 4. The molecule has 8 nitrogen and oxygen atoms in total. The summed E-state index contributed by atoms with van der Waals surface area (Å²) >= 11 is 0. The average Bonchev–Trinajstić information content (AvgIpc) is 2.40. The number of carbonyl (C=O) groups is 4. The second-order valence-electron chi connectivity index (χ2n) is 5.48. The topological polar surface area (TPSA) is 111 Å². The van der Waals surface area contributed by atoms with Gasteiger partial charge < -0.3 is 9.47 Å². The molecule has 0 rings (SSSR count). The Bertz CT molecular complexity index is 403. The van der Waals surface area contributed by atoms with Gasteiger partial charge in [-0.2, -0.15) is 0 Å². The highest BCUT2D eigenvalue weighted by atomic mass is 16.6. The quantitative estimate of drug-likeness (QED) is 0.769. The van der Waals surface area contributed by atoms with Crippen molar-refractivity contribution in [2.45, 2.75) is 41.0 Å². The van der Waals surface area contributed by atoms with Crippen LogP contribution in [0.5, 0.6) is 0 Å². The molecule has 0 fully saturated rings. The van der Waals surface area contributed by atoms with Gasteiger partial charge in [0.1, 0.15) is 13.2 Å². The Morgan fingerprint density at radius 3 is 1.59 bits per heavy atom. The number of carbonyl (C=O) groups excluding carboxylic acids is 4.